The van der Waals surface area contributed by atoms with E-state index in [4.69, 9.17) is 18.0 Å². The fourth-order valence-electron chi connectivity index (χ4n) is 1.88. The van der Waals surface area contributed by atoms with Crippen molar-refractivity contribution in [3.05, 3.63) is 29.8 Å². The number of nitrogens with zero attached hydrogens (tertiary/aromatic N) is 1. The average molecular weight is 293 g/mol. The number of amides is 1. The third-order valence-electron chi connectivity index (χ3n) is 3.07. The van der Waals surface area contributed by atoms with Gasteiger partial charge >= 0.3 is 0 Å². The van der Waals surface area contributed by atoms with E-state index in [1.807, 2.05) is 18.2 Å². The first-order chi connectivity index (χ1) is 9.56. The Bertz CT molecular complexity index is 462. The standard InChI is InChI=1S/C15H23N3OS/c1-3-5-9-18(4-2)11-14(19)17-13-8-6-7-12(10-13)15(16)20/h6-8,10H,3-5,9,11H2,1-2H3,(H2,16,20)(H,17,19). The van der Waals surface area contributed by atoms with Crippen LogP contribution in [0, 0.1) is 0 Å². The third-order valence-corrected chi connectivity index (χ3v) is 3.31. The molecule has 0 saturated carbocycles. The van der Waals surface area contributed by atoms with Gasteiger partial charge in [-0.25, -0.2) is 0 Å². The number of nitrogens with two attached hydrogens (primary N) is 1. The molecule has 0 atom stereocenters. The molecule has 3 N–H and O–H groups in total. The maximum atomic E-state index is 12.0. The van der Waals surface area contributed by atoms with Crippen molar-refractivity contribution in [3.8, 4) is 0 Å². The maximum Gasteiger partial charge on any atom is 0.238 e. The first kappa shape index (κ1) is 16.6. The van der Waals surface area contributed by atoms with E-state index in [9.17, 15) is 4.79 Å². The number of carbonyl (C=O) groups excluding carboxylic acids is 1. The number of anilines is 1. The fourth-order valence-corrected chi connectivity index (χ4v) is 2.01. The molecule has 0 aliphatic heterocycles. The van der Waals surface area contributed by atoms with Crippen LogP contribution in [0.2, 0.25) is 0 Å². The van der Waals surface area contributed by atoms with E-state index >= 15 is 0 Å². The summed E-state index contributed by atoms with van der Waals surface area (Å²) in [5, 5.41) is 2.88. The van der Waals surface area contributed by atoms with Gasteiger partial charge in [0, 0.05) is 11.3 Å². The molecule has 0 saturated heterocycles. The van der Waals surface area contributed by atoms with Gasteiger partial charge in [-0.1, -0.05) is 44.6 Å². The van der Waals surface area contributed by atoms with Crippen LogP contribution >= 0.6 is 12.2 Å². The molecule has 0 heterocycles. The Balaban J connectivity index is 2.57. The van der Waals surface area contributed by atoms with Gasteiger partial charge in [-0.05, 0) is 31.6 Å². The summed E-state index contributed by atoms with van der Waals surface area (Å²) < 4.78 is 0. The number of rotatable bonds is 8. The molecule has 0 spiro atoms. The number of likely N-dealkylation sites (N-methyl/N-ethyl adjacent to an activating group) is 1. The Morgan fingerprint density at radius 1 is 1.40 bits per heavy atom. The molecule has 0 aromatic heterocycles. The second kappa shape index (κ2) is 8.66. The van der Waals surface area contributed by atoms with Gasteiger partial charge in [0.05, 0.1) is 6.54 Å². The predicted octanol–water partition coefficient (Wildman–Crippen LogP) is 2.38. The van der Waals surface area contributed by atoms with Crippen molar-refractivity contribution in [1.29, 1.82) is 0 Å². The molecule has 110 valence electrons. The summed E-state index contributed by atoms with van der Waals surface area (Å²) in [6, 6.07) is 7.29. The van der Waals surface area contributed by atoms with Crippen LogP contribution in [-0.2, 0) is 4.79 Å². The topological polar surface area (TPSA) is 58.4 Å². The lowest BCUT2D eigenvalue weighted by Gasteiger charge is -2.19. The first-order valence-electron chi connectivity index (χ1n) is 6.98. The third kappa shape index (κ3) is 5.67. The summed E-state index contributed by atoms with van der Waals surface area (Å²) in [5.74, 6) is -0.0111. The molecule has 20 heavy (non-hydrogen) atoms. The zero-order valence-corrected chi connectivity index (χ0v) is 13.0. The highest BCUT2D eigenvalue weighted by molar-refractivity contribution is 7.80. The van der Waals surface area contributed by atoms with E-state index in [1.54, 1.807) is 6.07 Å². The number of benzene rings is 1. The normalized spacial score (nSPS) is 10.6. The molecule has 0 aliphatic carbocycles. The van der Waals surface area contributed by atoms with E-state index in [0.29, 0.717) is 11.5 Å². The molecule has 0 radical (unpaired) electrons. The van der Waals surface area contributed by atoms with Gasteiger partial charge in [-0.2, -0.15) is 0 Å². The molecule has 0 unspecified atom stereocenters. The minimum Gasteiger partial charge on any atom is -0.389 e. The van der Waals surface area contributed by atoms with Crippen molar-refractivity contribution in [2.45, 2.75) is 26.7 Å². The van der Waals surface area contributed by atoms with Gasteiger partial charge in [0.2, 0.25) is 5.91 Å². The van der Waals surface area contributed by atoms with Gasteiger partial charge < -0.3 is 11.1 Å². The summed E-state index contributed by atoms with van der Waals surface area (Å²) in [6.07, 6.45) is 2.24. The highest BCUT2D eigenvalue weighted by atomic mass is 32.1. The number of thiocarbonyl (C=S) groups is 1. The average Bonchev–Trinajstić information content (AvgIpc) is 2.43. The van der Waals surface area contributed by atoms with Crippen LogP contribution in [0.5, 0.6) is 0 Å². The van der Waals surface area contributed by atoms with E-state index in [0.717, 1.165) is 37.2 Å². The van der Waals surface area contributed by atoms with Crippen LogP contribution in [0.25, 0.3) is 0 Å². The van der Waals surface area contributed by atoms with Crippen LogP contribution < -0.4 is 11.1 Å². The van der Waals surface area contributed by atoms with Crippen molar-refractivity contribution in [2.24, 2.45) is 5.73 Å². The number of carbonyl (C=O) groups is 1. The molecule has 1 aromatic carbocycles. The Labute approximate surface area is 126 Å². The van der Waals surface area contributed by atoms with Crippen LogP contribution in [0.3, 0.4) is 0 Å². The summed E-state index contributed by atoms with van der Waals surface area (Å²) >= 11 is 4.93. The van der Waals surface area contributed by atoms with Crippen molar-refractivity contribution in [1.82, 2.24) is 4.90 Å². The number of unbranched alkanes of at least 4 members (excludes halogenated alkanes) is 1. The Hall–Kier alpha value is -1.46. The Morgan fingerprint density at radius 2 is 2.15 bits per heavy atom. The summed E-state index contributed by atoms with van der Waals surface area (Å²) in [6.45, 7) is 6.45. The number of nitrogens with one attached hydrogen (secondary N) is 1. The molecule has 1 aromatic rings. The molecular formula is C15H23N3OS. The summed E-state index contributed by atoms with van der Waals surface area (Å²) in [4.78, 5) is 14.5. The zero-order chi connectivity index (χ0) is 15.0. The largest absolute Gasteiger partial charge is 0.389 e. The first-order valence-corrected chi connectivity index (χ1v) is 7.39. The highest BCUT2D eigenvalue weighted by Crippen LogP contribution is 2.10. The summed E-state index contributed by atoms with van der Waals surface area (Å²) in [7, 11) is 0. The van der Waals surface area contributed by atoms with E-state index in [-0.39, 0.29) is 5.91 Å². The lowest BCUT2D eigenvalue weighted by molar-refractivity contribution is -0.117. The second-order valence-corrected chi connectivity index (χ2v) is 5.16. The fraction of sp³-hybridized carbons (Fsp3) is 0.467. The van der Waals surface area contributed by atoms with E-state index < -0.39 is 0 Å². The molecular weight excluding hydrogens is 270 g/mol. The van der Waals surface area contributed by atoms with Gasteiger partial charge in [0.1, 0.15) is 4.99 Å². The number of hydrogen-bond acceptors (Lipinski definition) is 3. The molecule has 5 heteroatoms. The molecule has 4 nitrogen and oxygen atoms in total. The minimum absolute atomic E-state index is 0.0111. The van der Waals surface area contributed by atoms with E-state index in [2.05, 4.69) is 24.1 Å². The lowest BCUT2D eigenvalue weighted by Crippen LogP contribution is -2.33. The number of hydrogen-bond donors (Lipinski definition) is 2. The smallest absolute Gasteiger partial charge is 0.238 e. The Kier molecular flexibility index (Phi) is 7.18. The van der Waals surface area contributed by atoms with Gasteiger partial charge in [0.25, 0.3) is 0 Å². The van der Waals surface area contributed by atoms with E-state index in [1.165, 1.54) is 0 Å². The van der Waals surface area contributed by atoms with Crippen molar-refractivity contribution in [3.63, 3.8) is 0 Å². The van der Waals surface area contributed by atoms with Crippen molar-refractivity contribution in [2.75, 3.05) is 25.0 Å². The van der Waals surface area contributed by atoms with Crippen molar-refractivity contribution < 1.29 is 4.79 Å². The summed E-state index contributed by atoms with van der Waals surface area (Å²) in [5.41, 5.74) is 7.07. The highest BCUT2D eigenvalue weighted by Gasteiger charge is 2.09. The minimum atomic E-state index is -0.0111. The quantitative estimate of drug-likeness (QED) is 0.723. The lowest BCUT2D eigenvalue weighted by atomic mass is 10.2. The van der Waals surface area contributed by atoms with Gasteiger partial charge in [-0.15, -0.1) is 0 Å². The predicted molar refractivity (Wildman–Crippen MR) is 88.0 cm³/mol. The van der Waals surface area contributed by atoms with Gasteiger partial charge in [-0.3, -0.25) is 9.69 Å². The van der Waals surface area contributed by atoms with Crippen molar-refractivity contribution >= 4 is 28.8 Å². The van der Waals surface area contributed by atoms with Gasteiger partial charge in [0.15, 0.2) is 0 Å². The SMILES string of the molecule is CCCCN(CC)CC(=O)Nc1cccc(C(N)=S)c1. The Morgan fingerprint density at radius 3 is 2.75 bits per heavy atom. The second-order valence-electron chi connectivity index (χ2n) is 4.72. The monoisotopic (exact) mass is 293 g/mol. The molecule has 0 aliphatic rings. The van der Waals surface area contributed by atoms with Crippen LogP contribution in [0.1, 0.15) is 32.3 Å². The molecule has 0 fully saturated rings. The zero-order valence-electron chi connectivity index (χ0n) is 12.2. The molecule has 1 amide bonds. The molecule has 0 bridgehead atoms. The maximum absolute atomic E-state index is 12.0. The molecule has 1 rings (SSSR count). The van der Waals surface area contributed by atoms with Crippen LogP contribution in [0.15, 0.2) is 24.3 Å². The van der Waals surface area contributed by atoms with Crippen LogP contribution in [0.4, 0.5) is 5.69 Å². The van der Waals surface area contributed by atoms with Crippen LogP contribution in [-0.4, -0.2) is 35.4 Å².